The quantitative estimate of drug-likeness (QED) is 0.516. The number of nitrogens with one attached hydrogen (secondary N) is 2. The SMILES string of the molecule is CC[C@H](C)Nc1nc(Nc2c(C)cc(Br)cc2C)cc(-c2ccccn2)n1. The van der Waals surface area contributed by atoms with Crippen LogP contribution in [0.1, 0.15) is 31.4 Å². The molecule has 2 heterocycles. The highest BCUT2D eigenvalue weighted by Gasteiger charge is 2.12. The Bertz CT molecular complexity index is 904. The Hall–Kier alpha value is -2.47. The number of hydrogen-bond acceptors (Lipinski definition) is 5. The Kier molecular flexibility index (Phi) is 6.06. The summed E-state index contributed by atoms with van der Waals surface area (Å²) in [5.74, 6) is 1.34. The molecule has 3 aromatic rings. The molecule has 2 N–H and O–H groups in total. The Morgan fingerprint density at radius 3 is 2.41 bits per heavy atom. The summed E-state index contributed by atoms with van der Waals surface area (Å²) in [4.78, 5) is 13.8. The minimum atomic E-state index is 0.285. The third-order valence-corrected chi connectivity index (χ3v) is 4.85. The highest BCUT2D eigenvalue weighted by atomic mass is 79.9. The molecule has 2 aromatic heterocycles. The molecule has 1 aromatic carbocycles. The second-order valence-corrected chi connectivity index (χ2v) is 7.59. The molecule has 0 saturated heterocycles. The molecule has 0 aliphatic rings. The maximum atomic E-state index is 4.67. The van der Waals surface area contributed by atoms with Crippen molar-refractivity contribution in [2.75, 3.05) is 10.6 Å². The Morgan fingerprint density at radius 2 is 1.78 bits per heavy atom. The normalized spacial score (nSPS) is 11.9. The van der Waals surface area contributed by atoms with Gasteiger partial charge in [0.15, 0.2) is 0 Å². The first kappa shape index (κ1) is 19.3. The third-order valence-electron chi connectivity index (χ3n) is 4.39. The summed E-state index contributed by atoms with van der Waals surface area (Å²) in [6.07, 6.45) is 2.76. The average Bonchev–Trinajstić information content (AvgIpc) is 2.65. The van der Waals surface area contributed by atoms with Gasteiger partial charge in [0.05, 0.1) is 11.4 Å². The Labute approximate surface area is 168 Å². The lowest BCUT2D eigenvalue weighted by molar-refractivity contribution is 0.753. The van der Waals surface area contributed by atoms with E-state index in [0.717, 1.165) is 44.9 Å². The van der Waals surface area contributed by atoms with Gasteiger partial charge in [0, 0.05) is 28.5 Å². The number of anilines is 3. The molecule has 0 amide bonds. The van der Waals surface area contributed by atoms with E-state index >= 15 is 0 Å². The molecule has 0 fully saturated rings. The van der Waals surface area contributed by atoms with E-state index in [1.807, 2.05) is 24.3 Å². The van der Waals surface area contributed by atoms with E-state index in [-0.39, 0.29) is 6.04 Å². The first-order valence-corrected chi connectivity index (χ1v) is 9.86. The van der Waals surface area contributed by atoms with Crippen molar-refractivity contribution in [2.45, 2.75) is 40.2 Å². The third kappa shape index (κ3) is 4.83. The van der Waals surface area contributed by atoms with E-state index in [1.165, 1.54) is 0 Å². The van der Waals surface area contributed by atoms with Crippen molar-refractivity contribution in [3.05, 3.63) is 58.2 Å². The Morgan fingerprint density at radius 1 is 1.04 bits per heavy atom. The van der Waals surface area contributed by atoms with E-state index in [2.05, 4.69) is 81.3 Å². The van der Waals surface area contributed by atoms with Crippen molar-refractivity contribution in [3.63, 3.8) is 0 Å². The summed E-state index contributed by atoms with van der Waals surface area (Å²) >= 11 is 3.55. The van der Waals surface area contributed by atoms with Gasteiger partial charge >= 0.3 is 0 Å². The van der Waals surface area contributed by atoms with Gasteiger partial charge in [-0.1, -0.05) is 28.9 Å². The lowest BCUT2D eigenvalue weighted by Crippen LogP contribution is -2.16. The number of rotatable bonds is 6. The highest BCUT2D eigenvalue weighted by Crippen LogP contribution is 2.29. The number of hydrogen-bond donors (Lipinski definition) is 2. The highest BCUT2D eigenvalue weighted by molar-refractivity contribution is 9.10. The second kappa shape index (κ2) is 8.48. The molecule has 0 bridgehead atoms. The average molecular weight is 426 g/mol. The van der Waals surface area contributed by atoms with E-state index in [1.54, 1.807) is 6.20 Å². The van der Waals surface area contributed by atoms with Crippen molar-refractivity contribution < 1.29 is 0 Å². The molecule has 0 unspecified atom stereocenters. The summed E-state index contributed by atoms with van der Waals surface area (Å²) in [7, 11) is 0. The zero-order valence-corrected chi connectivity index (χ0v) is 17.6. The van der Waals surface area contributed by atoms with E-state index < -0.39 is 0 Å². The summed E-state index contributed by atoms with van der Waals surface area (Å²) < 4.78 is 1.07. The van der Waals surface area contributed by atoms with Gasteiger partial charge in [-0.2, -0.15) is 4.98 Å². The summed E-state index contributed by atoms with van der Waals surface area (Å²) in [6, 6.07) is 12.2. The first-order valence-electron chi connectivity index (χ1n) is 9.07. The van der Waals surface area contributed by atoms with Gasteiger partial charge in [-0.3, -0.25) is 4.98 Å². The monoisotopic (exact) mass is 425 g/mol. The number of pyridine rings is 1. The summed E-state index contributed by atoms with van der Waals surface area (Å²) in [5.41, 5.74) is 4.96. The smallest absolute Gasteiger partial charge is 0.225 e. The minimum Gasteiger partial charge on any atom is -0.352 e. The van der Waals surface area contributed by atoms with Crippen molar-refractivity contribution in [1.29, 1.82) is 0 Å². The van der Waals surface area contributed by atoms with Gasteiger partial charge in [0.25, 0.3) is 0 Å². The topological polar surface area (TPSA) is 62.7 Å². The van der Waals surface area contributed by atoms with Crippen LogP contribution in [-0.4, -0.2) is 21.0 Å². The fourth-order valence-electron chi connectivity index (χ4n) is 2.78. The Balaban J connectivity index is 2.02. The van der Waals surface area contributed by atoms with E-state index in [0.29, 0.717) is 5.95 Å². The van der Waals surface area contributed by atoms with Gasteiger partial charge < -0.3 is 10.6 Å². The van der Waals surface area contributed by atoms with Gasteiger partial charge in [0.2, 0.25) is 5.95 Å². The van der Waals surface area contributed by atoms with Crippen LogP contribution in [-0.2, 0) is 0 Å². The lowest BCUT2D eigenvalue weighted by atomic mass is 10.1. The lowest BCUT2D eigenvalue weighted by Gasteiger charge is -2.16. The number of aryl methyl sites for hydroxylation is 2. The largest absolute Gasteiger partial charge is 0.352 e. The van der Waals surface area contributed by atoms with Crippen LogP contribution < -0.4 is 10.6 Å². The number of aromatic nitrogens is 3. The van der Waals surface area contributed by atoms with Gasteiger partial charge in [0.1, 0.15) is 5.82 Å². The van der Waals surface area contributed by atoms with Crippen molar-refractivity contribution in [2.24, 2.45) is 0 Å². The molecule has 0 saturated carbocycles. The molecule has 27 heavy (non-hydrogen) atoms. The number of benzene rings is 1. The predicted octanol–water partition coefficient (Wildman–Crippen LogP) is 5.87. The minimum absolute atomic E-state index is 0.285. The molecule has 0 aliphatic heterocycles. The molecular weight excluding hydrogens is 402 g/mol. The van der Waals surface area contributed by atoms with Gasteiger partial charge in [-0.15, -0.1) is 0 Å². The second-order valence-electron chi connectivity index (χ2n) is 6.67. The van der Waals surface area contributed by atoms with Crippen LogP contribution in [0.2, 0.25) is 0 Å². The fraction of sp³-hybridized carbons (Fsp3) is 0.286. The maximum absolute atomic E-state index is 4.67. The van der Waals surface area contributed by atoms with Crippen LogP contribution in [0.15, 0.2) is 47.1 Å². The predicted molar refractivity (Wildman–Crippen MR) is 116 cm³/mol. The van der Waals surface area contributed by atoms with Crippen molar-refractivity contribution in [1.82, 2.24) is 15.0 Å². The molecule has 0 radical (unpaired) electrons. The van der Waals surface area contributed by atoms with Gasteiger partial charge in [-0.05, 0) is 62.6 Å². The van der Waals surface area contributed by atoms with Crippen molar-refractivity contribution in [3.8, 4) is 11.4 Å². The van der Waals surface area contributed by atoms with Crippen LogP contribution in [0.5, 0.6) is 0 Å². The van der Waals surface area contributed by atoms with Gasteiger partial charge in [-0.25, -0.2) is 4.98 Å². The zero-order valence-electron chi connectivity index (χ0n) is 16.0. The molecular formula is C21H24BrN5. The van der Waals surface area contributed by atoms with Crippen LogP contribution in [0.4, 0.5) is 17.5 Å². The molecule has 3 rings (SSSR count). The number of halogens is 1. The molecule has 1 atom stereocenters. The zero-order chi connectivity index (χ0) is 19.4. The summed E-state index contributed by atoms with van der Waals surface area (Å²) in [6.45, 7) is 8.42. The molecule has 5 nitrogen and oxygen atoms in total. The maximum Gasteiger partial charge on any atom is 0.225 e. The molecule has 0 aliphatic carbocycles. The van der Waals surface area contributed by atoms with Crippen LogP contribution in [0.25, 0.3) is 11.4 Å². The van der Waals surface area contributed by atoms with Crippen LogP contribution in [0, 0.1) is 13.8 Å². The summed E-state index contributed by atoms with van der Waals surface area (Å²) in [5, 5.41) is 6.84. The molecule has 140 valence electrons. The fourth-order valence-corrected chi connectivity index (χ4v) is 3.47. The molecule has 6 heteroatoms. The first-order chi connectivity index (χ1) is 13.0. The van der Waals surface area contributed by atoms with Crippen LogP contribution >= 0.6 is 15.9 Å². The number of nitrogens with zero attached hydrogens (tertiary/aromatic N) is 3. The van der Waals surface area contributed by atoms with Crippen LogP contribution in [0.3, 0.4) is 0 Å². The standard InChI is InChI=1S/C21H24BrN5/c1-5-15(4)24-21-25-18(17-8-6-7-9-23-17)12-19(27-21)26-20-13(2)10-16(22)11-14(20)3/h6-12,15H,5H2,1-4H3,(H2,24,25,26,27)/t15-/m0/s1. The van der Waals surface area contributed by atoms with Crippen molar-refractivity contribution >= 4 is 33.4 Å². The molecule has 0 spiro atoms. The van der Waals surface area contributed by atoms with E-state index in [4.69, 9.17) is 0 Å². The van der Waals surface area contributed by atoms with E-state index in [9.17, 15) is 0 Å².